The van der Waals surface area contributed by atoms with E-state index < -0.39 is 34.0 Å². The van der Waals surface area contributed by atoms with E-state index in [9.17, 15) is 31.2 Å². The van der Waals surface area contributed by atoms with E-state index in [0.717, 1.165) is 28.4 Å². The molecule has 3 aromatic rings. The summed E-state index contributed by atoms with van der Waals surface area (Å²) in [5, 5.41) is 12.4. The Hall–Kier alpha value is -4.67. The quantitative estimate of drug-likeness (QED) is 0.104. The van der Waals surface area contributed by atoms with Crippen LogP contribution in [-0.2, 0) is 35.3 Å². The molecule has 13 nitrogen and oxygen atoms in total. The van der Waals surface area contributed by atoms with Gasteiger partial charge in [0.05, 0.1) is 28.8 Å². The fourth-order valence-electron chi connectivity index (χ4n) is 3.88. The summed E-state index contributed by atoms with van der Waals surface area (Å²) in [4.78, 5) is 27.9. The monoisotopic (exact) mass is 638 g/mol. The smallest absolute Gasteiger partial charge is 0.435 e. The SMILES string of the molecule is Cc1ccc(-c2cc(C(F)(F)F)nn2-c2ccc(S(=O)(=O)NC(=O)OCC3CN(/N=N\OCOC(=O)C(C)C)C3)cc2)cc1. The van der Waals surface area contributed by atoms with Crippen LogP contribution in [0.4, 0.5) is 18.0 Å². The van der Waals surface area contributed by atoms with Crippen LogP contribution >= 0.6 is 0 Å². The minimum absolute atomic E-state index is 0.0954. The van der Waals surface area contributed by atoms with Crippen LogP contribution in [0.25, 0.3) is 16.9 Å². The highest BCUT2D eigenvalue weighted by Gasteiger charge is 2.35. The molecule has 1 fully saturated rings. The van der Waals surface area contributed by atoms with Gasteiger partial charge in [-0.25, -0.2) is 22.6 Å². The van der Waals surface area contributed by atoms with Crippen LogP contribution in [0.2, 0.25) is 0 Å². The zero-order valence-corrected chi connectivity index (χ0v) is 24.6. The molecular formula is C27H29F3N6O7S. The highest BCUT2D eigenvalue weighted by Crippen LogP contribution is 2.33. The van der Waals surface area contributed by atoms with Gasteiger partial charge >= 0.3 is 18.2 Å². The van der Waals surface area contributed by atoms with Gasteiger partial charge in [-0.15, -0.1) is 0 Å². The van der Waals surface area contributed by atoms with E-state index in [1.165, 1.54) is 17.1 Å². The van der Waals surface area contributed by atoms with Gasteiger partial charge < -0.3 is 14.3 Å². The first kappa shape index (κ1) is 32.2. The van der Waals surface area contributed by atoms with Crippen molar-refractivity contribution in [3.63, 3.8) is 0 Å². The molecule has 1 aromatic heterocycles. The molecule has 4 rings (SSSR count). The lowest BCUT2D eigenvalue weighted by Crippen LogP contribution is -2.46. The second-order valence-corrected chi connectivity index (χ2v) is 11.8. The van der Waals surface area contributed by atoms with Crippen molar-refractivity contribution in [1.29, 1.82) is 0 Å². The molecule has 1 aliphatic heterocycles. The zero-order valence-electron chi connectivity index (χ0n) is 23.8. The van der Waals surface area contributed by atoms with Crippen molar-refractivity contribution >= 4 is 22.1 Å². The average Bonchev–Trinajstić information content (AvgIpc) is 3.40. The molecule has 2 aromatic carbocycles. The predicted octanol–water partition coefficient (Wildman–Crippen LogP) is 4.67. The number of halogens is 3. The zero-order chi connectivity index (χ0) is 32.1. The largest absolute Gasteiger partial charge is 0.448 e. The number of hydrogen-bond donors (Lipinski definition) is 1. The fourth-order valence-corrected chi connectivity index (χ4v) is 4.77. The van der Waals surface area contributed by atoms with Crippen LogP contribution < -0.4 is 4.72 Å². The number of aromatic nitrogens is 2. The van der Waals surface area contributed by atoms with Gasteiger partial charge in [-0.05, 0) is 42.5 Å². The van der Waals surface area contributed by atoms with E-state index >= 15 is 0 Å². The summed E-state index contributed by atoms with van der Waals surface area (Å²) in [5.41, 5.74) is 0.624. The van der Waals surface area contributed by atoms with Gasteiger partial charge in [0, 0.05) is 29.8 Å². The third kappa shape index (κ3) is 8.24. The van der Waals surface area contributed by atoms with E-state index in [2.05, 4.69) is 15.6 Å². The third-order valence-corrected chi connectivity index (χ3v) is 7.62. The molecule has 0 bridgehead atoms. The first-order valence-corrected chi connectivity index (χ1v) is 14.7. The molecule has 2 heterocycles. The van der Waals surface area contributed by atoms with Crippen molar-refractivity contribution in [3.05, 3.63) is 65.9 Å². The molecule has 17 heteroatoms. The molecule has 0 radical (unpaired) electrons. The number of esters is 1. The maximum absolute atomic E-state index is 13.5. The van der Waals surface area contributed by atoms with E-state index in [1.54, 1.807) is 42.8 Å². The number of carbonyl (C=O) groups excluding carboxylic acids is 2. The Morgan fingerprint density at radius 2 is 1.73 bits per heavy atom. The summed E-state index contributed by atoms with van der Waals surface area (Å²) in [6, 6.07) is 12.6. The Kier molecular flexibility index (Phi) is 9.76. The summed E-state index contributed by atoms with van der Waals surface area (Å²) >= 11 is 0. The average molecular weight is 639 g/mol. The fraction of sp³-hybridized carbons (Fsp3) is 0.370. The summed E-state index contributed by atoms with van der Waals surface area (Å²) in [6.45, 7) is 5.42. The third-order valence-electron chi connectivity index (χ3n) is 6.29. The molecule has 1 saturated heterocycles. The number of carbonyl (C=O) groups is 2. The van der Waals surface area contributed by atoms with Crippen LogP contribution in [0.1, 0.15) is 25.1 Å². The number of nitrogens with one attached hydrogen (secondary N) is 1. The van der Waals surface area contributed by atoms with E-state index in [0.29, 0.717) is 18.7 Å². The summed E-state index contributed by atoms with van der Waals surface area (Å²) in [7, 11) is -4.35. The van der Waals surface area contributed by atoms with Crippen molar-refractivity contribution < 1.29 is 45.5 Å². The lowest BCUT2D eigenvalue weighted by Gasteiger charge is -2.34. The minimum atomic E-state index is -4.69. The maximum atomic E-state index is 13.5. The molecule has 44 heavy (non-hydrogen) atoms. The van der Waals surface area contributed by atoms with Gasteiger partial charge in [0.1, 0.15) is 0 Å². The van der Waals surface area contributed by atoms with Crippen molar-refractivity contribution in [1.82, 2.24) is 19.5 Å². The number of amides is 1. The summed E-state index contributed by atoms with van der Waals surface area (Å²) < 4.78 is 78.4. The van der Waals surface area contributed by atoms with E-state index in [-0.39, 0.29) is 41.5 Å². The molecule has 1 N–H and O–H groups in total. The normalized spacial score (nSPS) is 14.0. The highest BCUT2D eigenvalue weighted by molar-refractivity contribution is 7.90. The minimum Gasteiger partial charge on any atom is -0.448 e. The molecule has 236 valence electrons. The Bertz CT molecular complexity index is 1600. The van der Waals surface area contributed by atoms with Crippen LogP contribution in [0.15, 0.2) is 70.0 Å². The topological polar surface area (TPSA) is 154 Å². The van der Waals surface area contributed by atoms with Gasteiger partial charge in [-0.1, -0.05) is 43.7 Å². The van der Waals surface area contributed by atoms with Gasteiger partial charge in [-0.3, -0.25) is 9.80 Å². The van der Waals surface area contributed by atoms with Gasteiger partial charge in [0.2, 0.25) is 0 Å². The Morgan fingerprint density at radius 3 is 2.34 bits per heavy atom. The van der Waals surface area contributed by atoms with Crippen molar-refractivity contribution in [2.45, 2.75) is 31.8 Å². The first-order valence-electron chi connectivity index (χ1n) is 13.2. The van der Waals surface area contributed by atoms with E-state index in [1.807, 2.05) is 6.92 Å². The number of aryl methyl sites for hydroxylation is 1. The standard InChI is InChI=1S/C27H29F3N6O7S/c1-17(2)25(37)42-16-43-34-33-35-13-19(14-35)15-41-26(38)32-44(39,40)22-10-8-21(9-11-22)36-23(12-24(31-36)27(28,29)30)20-6-4-18(3)5-7-20/h4-12,17,19H,13-16H2,1-3H3,(H,32,38)/b34-33-. The highest BCUT2D eigenvalue weighted by atomic mass is 32.2. The number of benzene rings is 2. The molecule has 0 atom stereocenters. The van der Waals surface area contributed by atoms with Crippen LogP contribution in [0.5, 0.6) is 0 Å². The van der Waals surface area contributed by atoms with Gasteiger partial charge in [-0.2, -0.15) is 18.3 Å². The maximum Gasteiger partial charge on any atom is 0.435 e. The molecule has 1 amide bonds. The number of sulfonamides is 1. The Labute approximate surface area is 250 Å². The van der Waals surface area contributed by atoms with Crippen LogP contribution in [0, 0.1) is 18.8 Å². The first-order chi connectivity index (χ1) is 20.7. The number of nitrogens with zero attached hydrogens (tertiary/aromatic N) is 5. The van der Waals surface area contributed by atoms with Crippen molar-refractivity contribution in [2.24, 2.45) is 22.3 Å². The molecule has 0 spiro atoms. The Morgan fingerprint density at radius 1 is 1.07 bits per heavy atom. The lowest BCUT2D eigenvalue weighted by atomic mass is 10.0. The molecule has 1 aliphatic rings. The molecule has 0 aliphatic carbocycles. The number of rotatable bonds is 11. The Balaban J connectivity index is 1.30. The molecular weight excluding hydrogens is 609 g/mol. The van der Waals surface area contributed by atoms with Crippen molar-refractivity contribution in [2.75, 3.05) is 26.5 Å². The molecule has 0 unspecified atom stereocenters. The van der Waals surface area contributed by atoms with Crippen LogP contribution in [0.3, 0.4) is 0 Å². The van der Waals surface area contributed by atoms with Gasteiger partial charge in [0.25, 0.3) is 16.8 Å². The summed E-state index contributed by atoms with van der Waals surface area (Å²) in [5.74, 6) is -0.883. The number of hydrogen-bond acceptors (Lipinski definition) is 10. The second-order valence-electron chi connectivity index (χ2n) is 10.2. The second kappa shape index (κ2) is 13.3. The van der Waals surface area contributed by atoms with Crippen molar-refractivity contribution in [3.8, 4) is 16.9 Å². The summed E-state index contributed by atoms with van der Waals surface area (Å²) in [6.07, 6.45) is -5.90. The van der Waals surface area contributed by atoms with Gasteiger partial charge in [0.15, 0.2) is 5.69 Å². The number of ether oxygens (including phenoxy) is 2. The lowest BCUT2D eigenvalue weighted by molar-refractivity contribution is -0.161. The van der Waals surface area contributed by atoms with Crippen LogP contribution in [-0.4, -0.2) is 61.8 Å². The molecule has 0 saturated carbocycles. The predicted molar refractivity (Wildman–Crippen MR) is 147 cm³/mol. The van der Waals surface area contributed by atoms with E-state index in [4.69, 9.17) is 14.3 Å². The number of alkyl halides is 3.